The van der Waals surface area contributed by atoms with Gasteiger partial charge in [0.15, 0.2) is 0 Å². The summed E-state index contributed by atoms with van der Waals surface area (Å²) in [6.45, 7) is 0.533. The fraction of sp³-hybridized carbons (Fsp3) is 0.0769. The second kappa shape index (κ2) is 9.80. The smallest absolute Gasteiger partial charge is 0.119 e. The largest absolute Gasteiger partial charge is 0.493 e. The van der Waals surface area contributed by atoms with E-state index in [0.717, 1.165) is 33.7 Å². The Labute approximate surface area is 186 Å². The van der Waals surface area contributed by atoms with Gasteiger partial charge in [-0.1, -0.05) is 35.7 Å². The Morgan fingerprint density at radius 3 is 2.32 bits per heavy atom. The number of halogens is 1. The Morgan fingerprint density at radius 1 is 0.839 bits per heavy atom. The van der Waals surface area contributed by atoms with Gasteiger partial charge in [-0.2, -0.15) is 0 Å². The number of nitrogens with zero attached hydrogens (tertiary/aromatic N) is 2. The summed E-state index contributed by atoms with van der Waals surface area (Å²) < 4.78 is 5.79. The molecule has 0 unspecified atom stereocenters. The molecule has 0 amide bonds. The standard InChI is InChI=1S/C26H20ClN3O/c27-23-7-4-20(5-8-23)21-6-10-24(30-18-21)9-1-19-2-11-25(12-3-19)31-16-14-22-17-29-15-13-26(22)28/h2-8,10-13,15,17-18H,14,16H2,(H2,28,29). The molecular formula is C26H20ClN3O. The number of benzene rings is 2. The fourth-order valence-electron chi connectivity index (χ4n) is 2.98. The van der Waals surface area contributed by atoms with Crippen LogP contribution in [0.15, 0.2) is 85.3 Å². The van der Waals surface area contributed by atoms with Crippen LogP contribution in [0, 0.1) is 11.8 Å². The highest BCUT2D eigenvalue weighted by molar-refractivity contribution is 6.30. The van der Waals surface area contributed by atoms with Crippen LogP contribution >= 0.6 is 11.6 Å². The molecule has 2 aromatic heterocycles. The third-order valence-electron chi connectivity index (χ3n) is 4.71. The number of nitrogens with two attached hydrogens (primary N) is 1. The summed E-state index contributed by atoms with van der Waals surface area (Å²) in [7, 11) is 0. The number of aromatic nitrogens is 2. The van der Waals surface area contributed by atoms with Crippen molar-refractivity contribution in [1.29, 1.82) is 0 Å². The fourth-order valence-corrected chi connectivity index (χ4v) is 3.10. The maximum Gasteiger partial charge on any atom is 0.119 e. The maximum atomic E-state index is 5.94. The molecule has 4 rings (SSSR count). The number of ether oxygens (including phenoxy) is 1. The Morgan fingerprint density at radius 2 is 1.61 bits per heavy atom. The zero-order valence-corrected chi connectivity index (χ0v) is 17.5. The first-order valence-corrected chi connectivity index (χ1v) is 10.2. The molecule has 0 saturated heterocycles. The third kappa shape index (κ3) is 5.63. The molecule has 5 heteroatoms. The minimum atomic E-state index is 0.533. The van der Waals surface area contributed by atoms with Crippen molar-refractivity contribution in [3.8, 4) is 28.7 Å². The van der Waals surface area contributed by atoms with Crippen LogP contribution in [0.5, 0.6) is 5.75 Å². The molecule has 2 heterocycles. The molecule has 0 fully saturated rings. The van der Waals surface area contributed by atoms with Crippen LogP contribution < -0.4 is 10.5 Å². The zero-order valence-electron chi connectivity index (χ0n) is 16.8. The van der Waals surface area contributed by atoms with Gasteiger partial charge in [-0.15, -0.1) is 0 Å². The molecule has 31 heavy (non-hydrogen) atoms. The van der Waals surface area contributed by atoms with Gasteiger partial charge in [0.2, 0.25) is 0 Å². The lowest BCUT2D eigenvalue weighted by atomic mass is 10.1. The van der Waals surface area contributed by atoms with Gasteiger partial charge in [0, 0.05) is 46.8 Å². The number of rotatable bonds is 5. The summed E-state index contributed by atoms with van der Waals surface area (Å²) in [5, 5.41) is 0.716. The van der Waals surface area contributed by atoms with Crippen molar-refractivity contribution in [2.75, 3.05) is 12.3 Å². The molecule has 0 aliphatic heterocycles. The number of pyridine rings is 2. The lowest BCUT2D eigenvalue weighted by molar-refractivity contribution is 0.322. The van der Waals surface area contributed by atoms with Crippen LogP contribution in [-0.2, 0) is 6.42 Å². The van der Waals surface area contributed by atoms with Crippen molar-refractivity contribution < 1.29 is 4.74 Å². The van der Waals surface area contributed by atoms with Gasteiger partial charge in [0.25, 0.3) is 0 Å². The van der Waals surface area contributed by atoms with Gasteiger partial charge in [-0.05, 0) is 65.6 Å². The lowest BCUT2D eigenvalue weighted by Gasteiger charge is -2.07. The van der Waals surface area contributed by atoms with E-state index in [4.69, 9.17) is 22.1 Å². The van der Waals surface area contributed by atoms with E-state index in [1.54, 1.807) is 18.5 Å². The number of nitrogen functional groups attached to an aromatic ring is 1. The van der Waals surface area contributed by atoms with Crippen molar-refractivity contribution in [2.45, 2.75) is 6.42 Å². The van der Waals surface area contributed by atoms with Crippen molar-refractivity contribution >= 4 is 17.3 Å². The van der Waals surface area contributed by atoms with E-state index in [-0.39, 0.29) is 0 Å². The molecule has 0 spiro atoms. The molecule has 0 bridgehead atoms. The van der Waals surface area contributed by atoms with Gasteiger partial charge in [0.1, 0.15) is 11.4 Å². The van der Waals surface area contributed by atoms with E-state index in [1.165, 1.54) is 0 Å². The normalized spacial score (nSPS) is 10.2. The van der Waals surface area contributed by atoms with Gasteiger partial charge < -0.3 is 10.5 Å². The average Bonchev–Trinajstić information content (AvgIpc) is 2.81. The molecule has 2 aromatic carbocycles. The predicted molar refractivity (Wildman–Crippen MR) is 125 cm³/mol. The molecule has 0 saturated carbocycles. The zero-order chi connectivity index (χ0) is 21.5. The first-order chi connectivity index (χ1) is 15.2. The Kier molecular flexibility index (Phi) is 6.47. The maximum absolute atomic E-state index is 5.94. The van der Waals surface area contributed by atoms with E-state index in [1.807, 2.05) is 66.9 Å². The molecule has 0 atom stereocenters. The molecule has 0 radical (unpaired) electrons. The predicted octanol–water partition coefficient (Wildman–Crippen LogP) is 5.40. The quantitative estimate of drug-likeness (QED) is 0.435. The average molecular weight is 426 g/mol. The molecule has 2 N–H and O–H groups in total. The van der Waals surface area contributed by atoms with Crippen LogP contribution in [-0.4, -0.2) is 16.6 Å². The number of anilines is 1. The van der Waals surface area contributed by atoms with Crippen molar-refractivity contribution in [3.05, 3.63) is 107 Å². The Hall–Kier alpha value is -3.81. The lowest BCUT2D eigenvalue weighted by Crippen LogP contribution is -2.04. The van der Waals surface area contributed by atoms with Crippen molar-refractivity contribution in [2.24, 2.45) is 0 Å². The van der Waals surface area contributed by atoms with Crippen molar-refractivity contribution in [1.82, 2.24) is 9.97 Å². The Balaban J connectivity index is 1.34. The molecule has 152 valence electrons. The van der Waals surface area contributed by atoms with Gasteiger partial charge in [-0.25, -0.2) is 4.98 Å². The molecular weight excluding hydrogens is 406 g/mol. The first-order valence-electron chi connectivity index (χ1n) is 9.82. The van der Waals surface area contributed by atoms with Crippen LogP contribution in [0.4, 0.5) is 5.69 Å². The summed E-state index contributed by atoms with van der Waals surface area (Å²) in [5.74, 6) is 7.02. The molecule has 0 aliphatic rings. The third-order valence-corrected chi connectivity index (χ3v) is 4.96. The topological polar surface area (TPSA) is 61.0 Å². The van der Waals surface area contributed by atoms with E-state index in [9.17, 15) is 0 Å². The summed E-state index contributed by atoms with van der Waals surface area (Å²) in [5.41, 5.74) is 11.3. The second-order valence-corrected chi connectivity index (χ2v) is 7.32. The van der Waals surface area contributed by atoms with Gasteiger partial charge >= 0.3 is 0 Å². The van der Waals surface area contributed by atoms with E-state index in [0.29, 0.717) is 23.7 Å². The van der Waals surface area contributed by atoms with E-state index < -0.39 is 0 Å². The van der Waals surface area contributed by atoms with Gasteiger partial charge in [0.05, 0.1) is 6.61 Å². The van der Waals surface area contributed by atoms with Crippen LogP contribution in [0.3, 0.4) is 0 Å². The Bertz CT molecular complexity index is 1210. The summed E-state index contributed by atoms with van der Waals surface area (Å²) in [6.07, 6.45) is 5.98. The molecule has 4 aromatic rings. The first kappa shape index (κ1) is 20.5. The van der Waals surface area contributed by atoms with Crippen LogP contribution in [0.25, 0.3) is 11.1 Å². The summed E-state index contributed by atoms with van der Waals surface area (Å²) >= 11 is 5.94. The van der Waals surface area contributed by atoms with Crippen LogP contribution in [0.1, 0.15) is 16.8 Å². The summed E-state index contributed by atoms with van der Waals surface area (Å²) in [6, 6.07) is 21.1. The highest BCUT2D eigenvalue weighted by atomic mass is 35.5. The van der Waals surface area contributed by atoms with E-state index >= 15 is 0 Å². The minimum Gasteiger partial charge on any atom is -0.493 e. The molecule has 0 aliphatic carbocycles. The minimum absolute atomic E-state index is 0.533. The van der Waals surface area contributed by atoms with Crippen molar-refractivity contribution in [3.63, 3.8) is 0 Å². The number of hydrogen-bond acceptors (Lipinski definition) is 4. The van der Waals surface area contributed by atoms with Gasteiger partial charge in [-0.3, -0.25) is 4.98 Å². The highest BCUT2D eigenvalue weighted by Crippen LogP contribution is 2.21. The summed E-state index contributed by atoms with van der Waals surface area (Å²) in [4.78, 5) is 8.53. The second-order valence-electron chi connectivity index (χ2n) is 6.89. The number of hydrogen-bond donors (Lipinski definition) is 1. The monoisotopic (exact) mass is 425 g/mol. The highest BCUT2D eigenvalue weighted by Gasteiger charge is 2.01. The SMILES string of the molecule is Nc1ccncc1CCOc1ccc(C#Cc2ccc(-c3ccc(Cl)cc3)cn2)cc1. The molecule has 4 nitrogen and oxygen atoms in total. The van der Waals surface area contributed by atoms with Crippen LogP contribution in [0.2, 0.25) is 5.02 Å². The van der Waals surface area contributed by atoms with E-state index in [2.05, 4.69) is 21.8 Å².